The van der Waals surface area contributed by atoms with Crippen LogP contribution in [0.25, 0.3) is 0 Å². The Balaban J connectivity index is 2.02. The molecule has 0 atom stereocenters. The average Bonchev–Trinajstić information content (AvgIpc) is 2.58. The zero-order valence-corrected chi connectivity index (χ0v) is 16.0. The summed E-state index contributed by atoms with van der Waals surface area (Å²) >= 11 is 5.07. The van der Waals surface area contributed by atoms with E-state index in [0.717, 1.165) is 5.75 Å². The molecule has 5 heteroatoms. The van der Waals surface area contributed by atoms with Crippen molar-refractivity contribution in [1.29, 1.82) is 0 Å². The fourth-order valence-corrected chi connectivity index (χ4v) is 2.67. The molecule has 0 bridgehead atoms. The average molecular weight is 359 g/mol. The second-order valence-electron chi connectivity index (χ2n) is 6.12. The Morgan fingerprint density at radius 3 is 2.32 bits per heavy atom. The molecule has 2 N–H and O–H groups in total. The Bertz CT molecular complexity index is 744. The standard InChI is InChI=1S/C20H25NO3S/c1-13(2)16-7-5-14(3)11-18(16)23-9-10-24-19-12-15(22-4)6-8-17(19)20(21)25/h5-8,11-13H,9-10H2,1-4H3,(H2,21,25). The third-order valence-corrected chi connectivity index (χ3v) is 4.06. The van der Waals surface area contributed by atoms with Gasteiger partial charge in [-0.15, -0.1) is 0 Å². The fraction of sp³-hybridized carbons (Fsp3) is 0.350. The predicted octanol–water partition coefficient (Wildman–Crippen LogP) is 4.22. The monoisotopic (exact) mass is 359 g/mol. The molecule has 4 nitrogen and oxygen atoms in total. The first kappa shape index (κ1) is 19.1. The number of methoxy groups -OCH3 is 1. The molecule has 2 aromatic rings. The first-order valence-corrected chi connectivity index (χ1v) is 8.67. The Morgan fingerprint density at radius 2 is 1.72 bits per heavy atom. The first-order chi connectivity index (χ1) is 11.9. The van der Waals surface area contributed by atoms with Crippen LogP contribution < -0.4 is 19.9 Å². The highest BCUT2D eigenvalue weighted by Gasteiger charge is 2.10. The highest BCUT2D eigenvalue weighted by molar-refractivity contribution is 7.80. The van der Waals surface area contributed by atoms with Crippen LogP contribution in [0, 0.1) is 6.92 Å². The van der Waals surface area contributed by atoms with E-state index in [2.05, 4.69) is 39.0 Å². The van der Waals surface area contributed by atoms with Gasteiger partial charge in [-0.3, -0.25) is 0 Å². The molecule has 0 spiro atoms. The number of nitrogens with two attached hydrogens (primary N) is 1. The number of ether oxygens (including phenoxy) is 3. The van der Waals surface area contributed by atoms with Gasteiger partial charge < -0.3 is 19.9 Å². The van der Waals surface area contributed by atoms with Gasteiger partial charge in [0.1, 0.15) is 35.5 Å². The van der Waals surface area contributed by atoms with E-state index in [1.54, 1.807) is 25.3 Å². The van der Waals surface area contributed by atoms with Crippen molar-refractivity contribution >= 4 is 17.2 Å². The molecule has 0 amide bonds. The van der Waals surface area contributed by atoms with Gasteiger partial charge in [0.25, 0.3) is 0 Å². The van der Waals surface area contributed by atoms with Gasteiger partial charge in [0, 0.05) is 6.07 Å². The highest BCUT2D eigenvalue weighted by atomic mass is 32.1. The molecular weight excluding hydrogens is 334 g/mol. The summed E-state index contributed by atoms with van der Waals surface area (Å²) in [6.07, 6.45) is 0. The maximum atomic E-state index is 5.94. The van der Waals surface area contributed by atoms with E-state index >= 15 is 0 Å². The fourth-order valence-electron chi connectivity index (χ4n) is 2.50. The zero-order chi connectivity index (χ0) is 18.4. The molecule has 0 aliphatic carbocycles. The molecule has 0 unspecified atom stereocenters. The van der Waals surface area contributed by atoms with Crippen LogP contribution in [0.1, 0.15) is 36.5 Å². The normalized spacial score (nSPS) is 10.6. The lowest BCUT2D eigenvalue weighted by atomic mass is 10.0. The smallest absolute Gasteiger partial charge is 0.133 e. The first-order valence-electron chi connectivity index (χ1n) is 8.26. The molecule has 0 aliphatic rings. The van der Waals surface area contributed by atoms with Gasteiger partial charge in [-0.1, -0.05) is 38.2 Å². The van der Waals surface area contributed by atoms with E-state index in [0.29, 0.717) is 41.2 Å². The van der Waals surface area contributed by atoms with Crippen LogP contribution in [-0.4, -0.2) is 25.3 Å². The van der Waals surface area contributed by atoms with Crippen molar-refractivity contribution in [2.75, 3.05) is 20.3 Å². The molecule has 134 valence electrons. The summed E-state index contributed by atoms with van der Waals surface area (Å²) in [6.45, 7) is 7.17. The topological polar surface area (TPSA) is 53.7 Å². The maximum Gasteiger partial charge on any atom is 0.133 e. The van der Waals surface area contributed by atoms with Crippen LogP contribution in [-0.2, 0) is 0 Å². The van der Waals surface area contributed by atoms with Crippen molar-refractivity contribution in [3.8, 4) is 17.2 Å². The second-order valence-corrected chi connectivity index (χ2v) is 6.56. The number of benzene rings is 2. The van der Waals surface area contributed by atoms with Gasteiger partial charge in [-0.05, 0) is 42.2 Å². The molecule has 0 heterocycles. The summed E-state index contributed by atoms with van der Waals surface area (Å²) < 4.78 is 17.0. The molecule has 0 aliphatic heterocycles. The Kier molecular flexibility index (Phi) is 6.65. The molecule has 25 heavy (non-hydrogen) atoms. The molecule has 0 saturated carbocycles. The van der Waals surface area contributed by atoms with Gasteiger partial charge in [0.15, 0.2) is 0 Å². The lowest BCUT2D eigenvalue weighted by molar-refractivity contribution is 0.214. The maximum absolute atomic E-state index is 5.94. The molecule has 0 radical (unpaired) electrons. The highest BCUT2D eigenvalue weighted by Crippen LogP contribution is 2.28. The number of hydrogen-bond donors (Lipinski definition) is 1. The van der Waals surface area contributed by atoms with E-state index in [1.807, 2.05) is 0 Å². The van der Waals surface area contributed by atoms with E-state index in [1.165, 1.54) is 11.1 Å². The van der Waals surface area contributed by atoms with Crippen molar-refractivity contribution in [3.05, 3.63) is 53.1 Å². The van der Waals surface area contributed by atoms with Crippen LogP contribution >= 0.6 is 12.2 Å². The van der Waals surface area contributed by atoms with Crippen LogP contribution in [0.5, 0.6) is 17.2 Å². The summed E-state index contributed by atoms with van der Waals surface area (Å²) in [5.41, 5.74) is 8.80. The van der Waals surface area contributed by atoms with Gasteiger partial charge in [-0.25, -0.2) is 0 Å². The van der Waals surface area contributed by atoms with E-state index in [9.17, 15) is 0 Å². The largest absolute Gasteiger partial charge is 0.497 e. The molecule has 0 aromatic heterocycles. The molecular formula is C20H25NO3S. The lowest BCUT2D eigenvalue weighted by Crippen LogP contribution is -2.15. The van der Waals surface area contributed by atoms with Crippen molar-refractivity contribution in [2.45, 2.75) is 26.7 Å². The molecule has 0 saturated heterocycles. The van der Waals surface area contributed by atoms with Crippen LogP contribution in [0.2, 0.25) is 0 Å². The van der Waals surface area contributed by atoms with Gasteiger partial charge in [0.05, 0.1) is 12.7 Å². The van der Waals surface area contributed by atoms with Crippen molar-refractivity contribution < 1.29 is 14.2 Å². The summed E-state index contributed by atoms with van der Waals surface area (Å²) in [7, 11) is 1.61. The Morgan fingerprint density at radius 1 is 1.04 bits per heavy atom. The Labute approximate surface area is 154 Å². The predicted molar refractivity (Wildman–Crippen MR) is 105 cm³/mol. The summed E-state index contributed by atoms with van der Waals surface area (Å²) in [5.74, 6) is 2.59. The van der Waals surface area contributed by atoms with Crippen molar-refractivity contribution in [2.24, 2.45) is 5.73 Å². The third kappa shape index (κ3) is 5.10. The quantitative estimate of drug-likeness (QED) is 0.565. The van der Waals surface area contributed by atoms with E-state index < -0.39 is 0 Å². The zero-order valence-electron chi connectivity index (χ0n) is 15.2. The molecule has 2 rings (SSSR count). The third-order valence-electron chi connectivity index (χ3n) is 3.84. The van der Waals surface area contributed by atoms with Crippen molar-refractivity contribution in [1.82, 2.24) is 0 Å². The Hall–Kier alpha value is -2.27. The second kappa shape index (κ2) is 8.72. The van der Waals surface area contributed by atoms with Gasteiger partial charge in [0.2, 0.25) is 0 Å². The summed E-state index contributed by atoms with van der Waals surface area (Å²) in [5, 5.41) is 0. The van der Waals surface area contributed by atoms with Crippen LogP contribution in [0.3, 0.4) is 0 Å². The van der Waals surface area contributed by atoms with Gasteiger partial charge in [-0.2, -0.15) is 0 Å². The summed E-state index contributed by atoms with van der Waals surface area (Å²) in [4.78, 5) is 0.291. The molecule has 0 fully saturated rings. The minimum absolute atomic E-state index is 0.291. The number of aryl methyl sites for hydroxylation is 1. The van der Waals surface area contributed by atoms with Gasteiger partial charge >= 0.3 is 0 Å². The minimum Gasteiger partial charge on any atom is -0.497 e. The summed E-state index contributed by atoms with van der Waals surface area (Å²) in [6, 6.07) is 11.7. The van der Waals surface area contributed by atoms with E-state index in [4.69, 9.17) is 32.2 Å². The number of hydrogen-bond acceptors (Lipinski definition) is 4. The SMILES string of the molecule is COc1ccc(C(N)=S)c(OCCOc2cc(C)ccc2C(C)C)c1. The van der Waals surface area contributed by atoms with Crippen LogP contribution in [0.15, 0.2) is 36.4 Å². The van der Waals surface area contributed by atoms with Crippen LogP contribution in [0.4, 0.5) is 0 Å². The minimum atomic E-state index is 0.291. The number of thiocarbonyl (C=S) groups is 1. The molecule has 2 aromatic carbocycles. The number of rotatable bonds is 8. The van der Waals surface area contributed by atoms with E-state index in [-0.39, 0.29) is 0 Å². The van der Waals surface area contributed by atoms with Crippen molar-refractivity contribution in [3.63, 3.8) is 0 Å². The lowest BCUT2D eigenvalue weighted by Gasteiger charge is -2.16.